The Morgan fingerprint density at radius 3 is 1.98 bits per heavy atom. The molecule has 1 aliphatic heterocycles. The molecule has 6 rings (SSSR count). The first-order valence-corrected chi connectivity index (χ1v) is 14.8. The van der Waals surface area contributed by atoms with Gasteiger partial charge in [-0.3, -0.25) is 14.3 Å². The number of H-pyrrole nitrogens is 1. The number of benzene rings is 3. The zero-order valence-corrected chi connectivity index (χ0v) is 25.5. The van der Waals surface area contributed by atoms with Gasteiger partial charge in [0.2, 0.25) is 0 Å². The molecule has 6 atom stereocenters. The Balaban J connectivity index is 1.48. The first-order valence-electron chi connectivity index (χ1n) is 14.8. The summed E-state index contributed by atoms with van der Waals surface area (Å²) in [4.78, 5) is 27.4. The Hall–Kier alpha value is -4.18. The lowest BCUT2D eigenvalue weighted by Crippen LogP contribution is -2.51. The minimum Gasteiger partial charge on any atom is -0.497 e. The number of aromatic nitrogens is 2. The Kier molecular flexibility index (Phi) is 7.73. The molecule has 0 amide bonds. The summed E-state index contributed by atoms with van der Waals surface area (Å²) in [5.74, 6) is 0.941. The van der Waals surface area contributed by atoms with Crippen molar-refractivity contribution in [2.24, 2.45) is 17.8 Å². The summed E-state index contributed by atoms with van der Waals surface area (Å²) in [6.45, 7) is 5.79. The van der Waals surface area contributed by atoms with E-state index in [1.165, 1.54) is 10.8 Å². The maximum Gasteiger partial charge on any atom is 0.330 e. The van der Waals surface area contributed by atoms with Gasteiger partial charge in [0.05, 0.1) is 26.9 Å². The van der Waals surface area contributed by atoms with Gasteiger partial charge in [0, 0.05) is 17.7 Å². The van der Waals surface area contributed by atoms with Crippen LogP contribution in [0.4, 0.5) is 0 Å². The van der Waals surface area contributed by atoms with E-state index in [1.807, 2.05) is 78.9 Å². The van der Waals surface area contributed by atoms with Gasteiger partial charge in [-0.1, -0.05) is 68.4 Å². The molecule has 0 spiro atoms. The van der Waals surface area contributed by atoms with Crippen LogP contribution in [0.25, 0.3) is 0 Å². The second-order valence-electron chi connectivity index (χ2n) is 11.9. The van der Waals surface area contributed by atoms with Gasteiger partial charge in [0.15, 0.2) is 0 Å². The number of nitrogens with one attached hydrogen (secondary N) is 1. The number of hydrogen-bond donors (Lipinski definition) is 2. The van der Waals surface area contributed by atoms with Crippen molar-refractivity contribution in [3.63, 3.8) is 0 Å². The molecule has 2 aliphatic rings. The third-order valence-corrected chi connectivity index (χ3v) is 9.81. The molecule has 2 bridgehead atoms. The van der Waals surface area contributed by atoms with Crippen LogP contribution in [0.2, 0.25) is 0 Å². The highest BCUT2D eigenvalue weighted by Gasteiger charge is 2.68. The van der Waals surface area contributed by atoms with Gasteiger partial charge < -0.3 is 24.1 Å². The molecule has 0 unspecified atom stereocenters. The molecule has 1 saturated heterocycles. The summed E-state index contributed by atoms with van der Waals surface area (Å²) < 4.78 is 26.2. The first kappa shape index (κ1) is 29.9. The van der Waals surface area contributed by atoms with Crippen molar-refractivity contribution in [2.45, 2.75) is 44.3 Å². The summed E-state index contributed by atoms with van der Waals surface area (Å²) in [7, 11) is 3.25. The molecule has 4 aromatic rings. The van der Waals surface area contributed by atoms with E-state index in [1.54, 1.807) is 21.1 Å². The maximum absolute atomic E-state index is 12.9. The number of aryl methyl sites for hydroxylation is 1. The van der Waals surface area contributed by atoms with E-state index in [0.717, 1.165) is 16.7 Å². The zero-order valence-electron chi connectivity index (χ0n) is 25.5. The normalized spacial score (nSPS) is 26.1. The largest absolute Gasteiger partial charge is 0.497 e. The van der Waals surface area contributed by atoms with Crippen LogP contribution in [0.1, 0.15) is 42.3 Å². The van der Waals surface area contributed by atoms with Crippen molar-refractivity contribution in [3.05, 3.63) is 128 Å². The van der Waals surface area contributed by atoms with Crippen molar-refractivity contribution in [1.82, 2.24) is 9.55 Å². The van der Waals surface area contributed by atoms with Crippen LogP contribution < -0.4 is 20.7 Å². The van der Waals surface area contributed by atoms with E-state index in [2.05, 4.69) is 18.8 Å². The third-order valence-electron chi connectivity index (χ3n) is 9.81. The van der Waals surface area contributed by atoms with Gasteiger partial charge >= 0.3 is 5.69 Å². The lowest BCUT2D eigenvalue weighted by atomic mass is 9.79. The van der Waals surface area contributed by atoms with E-state index in [9.17, 15) is 14.7 Å². The maximum atomic E-state index is 12.9. The van der Waals surface area contributed by atoms with Crippen LogP contribution >= 0.6 is 0 Å². The fraction of sp³-hybridized carbons (Fsp3) is 0.371. The van der Waals surface area contributed by atoms with E-state index in [-0.39, 0.29) is 24.4 Å². The van der Waals surface area contributed by atoms with Crippen LogP contribution in [0.15, 0.2) is 94.6 Å². The monoisotopic (exact) mass is 598 g/mol. The average molecular weight is 599 g/mol. The second kappa shape index (κ2) is 11.4. The fourth-order valence-electron chi connectivity index (χ4n) is 7.12. The van der Waals surface area contributed by atoms with E-state index in [4.69, 9.17) is 18.9 Å². The van der Waals surface area contributed by atoms with E-state index >= 15 is 0 Å². The Bertz CT molecular complexity index is 1680. The molecule has 1 aromatic heterocycles. The molecule has 9 heteroatoms. The molecule has 44 heavy (non-hydrogen) atoms. The quantitative estimate of drug-likeness (QED) is 0.275. The molecule has 1 aliphatic carbocycles. The van der Waals surface area contributed by atoms with Crippen LogP contribution in [-0.4, -0.2) is 47.2 Å². The Labute approximate surface area is 256 Å². The molecule has 1 saturated carbocycles. The number of ether oxygens (including phenoxy) is 4. The molecule has 2 N–H and O–H groups in total. The van der Waals surface area contributed by atoms with Gasteiger partial charge in [0.1, 0.15) is 28.9 Å². The molecular weight excluding hydrogens is 560 g/mol. The number of nitrogens with zero attached hydrogens (tertiary/aromatic N) is 1. The highest BCUT2D eigenvalue weighted by Crippen LogP contribution is 2.59. The molecule has 2 fully saturated rings. The number of aliphatic hydroxyl groups excluding tert-OH is 1. The SMILES string of the molecule is COc1ccc(C(OC[C@]23O[C@@H](n4cc(C)c(=O)[nH]c4=O)[C@H]([C@H](C)[C@H]2C)[C@@H]3O)(c2ccccc2)c2ccc(OC)cc2)cc1. The summed E-state index contributed by atoms with van der Waals surface area (Å²) in [6, 6.07) is 25.5. The molecule has 0 radical (unpaired) electrons. The standard InChI is InChI=1S/C35H38N2O7/c1-21-19-37(33(40)36-31(21)39)32-29-22(2)23(3)34(44-32,30(29)38)20-43-35(24-9-7-6-8-10-24,25-11-15-27(41-4)16-12-25)26-13-17-28(42-5)18-14-26/h6-19,22-23,29-30,32,38H,20H2,1-5H3,(H,36,39,40)/t22-,23-,29-,30+,32-,34+/m1/s1. The number of rotatable bonds is 9. The molecule has 2 heterocycles. The molecule has 3 aromatic carbocycles. The fourth-order valence-corrected chi connectivity index (χ4v) is 7.12. The van der Waals surface area contributed by atoms with Crippen LogP contribution in [0.5, 0.6) is 11.5 Å². The van der Waals surface area contributed by atoms with Crippen LogP contribution in [-0.2, 0) is 15.1 Å². The van der Waals surface area contributed by atoms with Gasteiger partial charge in [-0.25, -0.2) is 4.79 Å². The summed E-state index contributed by atoms with van der Waals surface area (Å²) in [5, 5.41) is 11.9. The lowest BCUT2D eigenvalue weighted by molar-refractivity contribution is -0.199. The second-order valence-corrected chi connectivity index (χ2v) is 11.9. The van der Waals surface area contributed by atoms with Crippen molar-refractivity contribution in [2.75, 3.05) is 20.8 Å². The topological polar surface area (TPSA) is 112 Å². The first-order chi connectivity index (χ1) is 21.2. The summed E-state index contributed by atoms with van der Waals surface area (Å²) in [6.07, 6.45) is -0.179. The minimum absolute atomic E-state index is 0.000387. The van der Waals surface area contributed by atoms with Crippen molar-refractivity contribution in [1.29, 1.82) is 0 Å². The minimum atomic E-state index is -1.13. The van der Waals surface area contributed by atoms with Gasteiger partial charge in [-0.15, -0.1) is 0 Å². The number of fused-ring (bicyclic) bond motifs is 2. The summed E-state index contributed by atoms with van der Waals surface area (Å²) in [5.41, 5.74) is -0.260. The molecular formula is C35H38N2O7. The smallest absolute Gasteiger partial charge is 0.330 e. The zero-order chi connectivity index (χ0) is 31.2. The Morgan fingerprint density at radius 2 is 1.43 bits per heavy atom. The lowest BCUT2D eigenvalue weighted by Gasteiger charge is -2.43. The van der Waals surface area contributed by atoms with E-state index in [0.29, 0.717) is 17.1 Å². The Morgan fingerprint density at radius 1 is 0.886 bits per heavy atom. The van der Waals surface area contributed by atoms with Crippen molar-refractivity contribution < 1.29 is 24.1 Å². The van der Waals surface area contributed by atoms with Gasteiger partial charge in [-0.05, 0) is 59.7 Å². The van der Waals surface area contributed by atoms with Gasteiger partial charge in [-0.2, -0.15) is 0 Å². The number of hydrogen-bond acceptors (Lipinski definition) is 7. The number of methoxy groups -OCH3 is 2. The number of aliphatic hydroxyl groups is 1. The summed E-state index contributed by atoms with van der Waals surface area (Å²) >= 11 is 0. The predicted octanol–water partition coefficient (Wildman–Crippen LogP) is 4.40. The third kappa shape index (κ3) is 4.58. The molecule has 9 nitrogen and oxygen atoms in total. The van der Waals surface area contributed by atoms with Gasteiger partial charge in [0.25, 0.3) is 5.56 Å². The van der Waals surface area contributed by atoms with Crippen LogP contribution in [0.3, 0.4) is 0 Å². The van der Waals surface area contributed by atoms with Crippen molar-refractivity contribution >= 4 is 0 Å². The number of aromatic amines is 1. The van der Waals surface area contributed by atoms with Crippen molar-refractivity contribution in [3.8, 4) is 11.5 Å². The van der Waals surface area contributed by atoms with Crippen LogP contribution in [0, 0.1) is 24.7 Å². The predicted molar refractivity (Wildman–Crippen MR) is 165 cm³/mol. The highest BCUT2D eigenvalue weighted by atomic mass is 16.6. The highest BCUT2D eigenvalue weighted by molar-refractivity contribution is 5.49. The van der Waals surface area contributed by atoms with E-state index < -0.39 is 34.8 Å². The molecule has 230 valence electrons. The average Bonchev–Trinajstić information content (AvgIpc) is 3.44.